The third-order valence-electron chi connectivity index (χ3n) is 2.63. The fourth-order valence-electron chi connectivity index (χ4n) is 1.65. The molecule has 0 saturated heterocycles. The maximum Gasteiger partial charge on any atom is 0.229 e. The number of aromatic hydroxyl groups is 1. The summed E-state index contributed by atoms with van der Waals surface area (Å²) in [6.07, 6.45) is -0.135. The molecule has 2 N–H and O–H groups in total. The van der Waals surface area contributed by atoms with Crippen LogP contribution in [0, 0.1) is 11.6 Å². The first-order valence-electron chi connectivity index (χ1n) is 5.68. The molecule has 0 saturated carbocycles. The SMILES string of the molecule is O=C(Cc1ccccc1O)Nc1cc(F)c(Br)cc1F. The van der Waals surface area contributed by atoms with Gasteiger partial charge in [-0.3, -0.25) is 4.79 Å². The lowest BCUT2D eigenvalue weighted by Gasteiger charge is -2.08. The van der Waals surface area contributed by atoms with E-state index in [2.05, 4.69) is 21.2 Å². The van der Waals surface area contributed by atoms with Crippen LogP contribution in [0.15, 0.2) is 40.9 Å². The summed E-state index contributed by atoms with van der Waals surface area (Å²) < 4.78 is 26.8. The zero-order valence-electron chi connectivity index (χ0n) is 10.2. The molecule has 2 aromatic rings. The summed E-state index contributed by atoms with van der Waals surface area (Å²) in [5, 5.41) is 11.8. The maximum atomic E-state index is 13.5. The standard InChI is InChI=1S/C14H10BrF2NO2/c15-9-6-11(17)12(7-10(9)16)18-14(20)5-8-3-1-2-4-13(8)19/h1-4,6-7,19H,5H2,(H,18,20). The van der Waals surface area contributed by atoms with Crippen molar-refractivity contribution in [2.24, 2.45) is 0 Å². The molecule has 2 rings (SSSR count). The van der Waals surface area contributed by atoms with E-state index in [1.54, 1.807) is 18.2 Å². The van der Waals surface area contributed by atoms with Crippen molar-refractivity contribution in [2.45, 2.75) is 6.42 Å². The highest BCUT2D eigenvalue weighted by molar-refractivity contribution is 9.10. The van der Waals surface area contributed by atoms with Crippen LogP contribution in [-0.4, -0.2) is 11.0 Å². The molecule has 0 aliphatic heterocycles. The normalized spacial score (nSPS) is 10.3. The number of benzene rings is 2. The lowest BCUT2D eigenvalue weighted by molar-refractivity contribution is -0.115. The Labute approximate surface area is 122 Å². The predicted octanol–water partition coefficient (Wildman–Crippen LogP) is 3.61. The van der Waals surface area contributed by atoms with E-state index in [0.29, 0.717) is 5.56 Å². The summed E-state index contributed by atoms with van der Waals surface area (Å²) in [5.41, 5.74) is 0.161. The van der Waals surface area contributed by atoms with Gasteiger partial charge in [-0.25, -0.2) is 8.78 Å². The summed E-state index contributed by atoms with van der Waals surface area (Å²) in [5.74, 6) is -2.00. The Hall–Kier alpha value is -1.95. The number of nitrogens with one attached hydrogen (secondary N) is 1. The molecule has 0 heterocycles. The molecular formula is C14H10BrF2NO2. The fraction of sp³-hybridized carbons (Fsp3) is 0.0714. The van der Waals surface area contributed by atoms with Gasteiger partial charge in [0.15, 0.2) is 0 Å². The minimum absolute atomic E-state index is 0.0197. The molecule has 0 radical (unpaired) electrons. The Morgan fingerprint density at radius 1 is 1.20 bits per heavy atom. The van der Waals surface area contributed by atoms with Crippen LogP contribution in [0.25, 0.3) is 0 Å². The molecule has 3 nitrogen and oxygen atoms in total. The van der Waals surface area contributed by atoms with Gasteiger partial charge in [0.1, 0.15) is 17.4 Å². The number of carbonyl (C=O) groups is 1. The Balaban J connectivity index is 2.13. The van der Waals surface area contributed by atoms with Crippen LogP contribution in [0.3, 0.4) is 0 Å². The highest BCUT2D eigenvalue weighted by Crippen LogP contribution is 2.24. The van der Waals surface area contributed by atoms with Crippen molar-refractivity contribution in [1.82, 2.24) is 0 Å². The molecule has 104 valence electrons. The largest absolute Gasteiger partial charge is 0.508 e. The Bertz CT molecular complexity index is 662. The summed E-state index contributed by atoms with van der Waals surface area (Å²) in [4.78, 5) is 11.8. The molecule has 20 heavy (non-hydrogen) atoms. The van der Waals surface area contributed by atoms with Crippen molar-refractivity contribution < 1.29 is 18.7 Å². The number of halogens is 3. The van der Waals surface area contributed by atoms with E-state index in [9.17, 15) is 18.7 Å². The highest BCUT2D eigenvalue weighted by atomic mass is 79.9. The summed E-state index contributed by atoms with van der Waals surface area (Å²) in [7, 11) is 0. The van der Waals surface area contributed by atoms with Crippen LogP contribution < -0.4 is 5.32 Å². The number of para-hydroxylation sites is 1. The van der Waals surface area contributed by atoms with Gasteiger partial charge >= 0.3 is 0 Å². The number of rotatable bonds is 3. The second-order valence-electron chi connectivity index (χ2n) is 4.10. The van der Waals surface area contributed by atoms with Crippen molar-refractivity contribution in [3.8, 4) is 5.75 Å². The lowest BCUT2D eigenvalue weighted by atomic mass is 10.1. The number of hydrogen-bond acceptors (Lipinski definition) is 2. The average molecular weight is 342 g/mol. The first-order chi connectivity index (χ1) is 9.47. The zero-order chi connectivity index (χ0) is 14.7. The van der Waals surface area contributed by atoms with Gasteiger partial charge in [-0.2, -0.15) is 0 Å². The number of carbonyl (C=O) groups excluding carboxylic acids is 1. The number of phenols is 1. The first-order valence-corrected chi connectivity index (χ1v) is 6.48. The molecule has 0 fully saturated rings. The fourth-order valence-corrected chi connectivity index (χ4v) is 1.96. The second-order valence-corrected chi connectivity index (χ2v) is 4.95. The van der Waals surface area contributed by atoms with Crippen molar-refractivity contribution in [3.63, 3.8) is 0 Å². The third kappa shape index (κ3) is 3.33. The van der Waals surface area contributed by atoms with E-state index in [1.165, 1.54) is 6.07 Å². The van der Waals surface area contributed by atoms with Gasteiger partial charge < -0.3 is 10.4 Å². The van der Waals surface area contributed by atoms with Crippen LogP contribution in [0.4, 0.5) is 14.5 Å². The highest BCUT2D eigenvalue weighted by Gasteiger charge is 2.12. The second kappa shape index (κ2) is 6.00. The molecule has 2 aromatic carbocycles. The monoisotopic (exact) mass is 341 g/mol. The van der Waals surface area contributed by atoms with Crippen molar-refractivity contribution in [2.75, 3.05) is 5.32 Å². The van der Waals surface area contributed by atoms with Gasteiger partial charge in [0.2, 0.25) is 5.91 Å². The zero-order valence-corrected chi connectivity index (χ0v) is 11.7. The van der Waals surface area contributed by atoms with E-state index >= 15 is 0 Å². The van der Waals surface area contributed by atoms with Crippen molar-refractivity contribution in [3.05, 3.63) is 58.1 Å². The van der Waals surface area contributed by atoms with Crippen LogP contribution in [0.1, 0.15) is 5.56 Å². The van der Waals surface area contributed by atoms with Gasteiger partial charge in [-0.15, -0.1) is 0 Å². The topological polar surface area (TPSA) is 49.3 Å². The van der Waals surface area contributed by atoms with Gasteiger partial charge in [0.25, 0.3) is 0 Å². The molecule has 6 heteroatoms. The molecule has 0 aliphatic rings. The van der Waals surface area contributed by atoms with Crippen LogP contribution in [-0.2, 0) is 11.2 Å². The Morgan fingerprint density at radius 3 is 2.60 bits per heavy atom. The van der Waals surface area contributed by atoms with Crippen LogP contribution in [0.2, 0.25) is 0 Å². The van der Waals surface area contributed by atoms with E-state index < -0.39 is 17.5 Å². The third-order valence-corrected chi connectivity index (χ3v) is 3.23. The number of phenolic OH excluding ortho intramolecular Hbond substituents is 1. The molecule has 0 atom stereocenters. The van der Waals surface area contributed by atoms with Crippen LogP contribution >= 0.6 is 15.9 Å². The van der Waals surface area contributed by atoms with E-state index in [1.807, 2.05) is 0 Å². The van der Waals surface area contributed by atoms with E-state index in [0.717, 1.165) is 12.1 Å². The van der Waals surface area contributed by atoms with Crippen LogP contribution in [0.5, 0.6) is 5.75 Å². The molecule has 0 bridgehead atoms. The van der Waals surface area contributed by atoms with Gasteiger partial charge in [-0.1, -0.05) is 18.2 Å². The first kappa shape index (κ1) is 14.5. The summed E-state index contributed by atoms with van der Waals surface area (Å²) in [6.45, 7) is 0. The minimum Gasteiger partial charge on any atom is -0.508 e. The molecule has 0 aliphatic carbocycles. The Morgan fingerprint density at radius 2 is 1.90 bits per heavy atom. The van der Waals surface area contributed by atoms with Crippen molar-refractivity contribution in [1.29, 1.82) is 0 Å². The minimum atomic E-state index is -0.746. The summed E-state index contributed by atoms with van der Waals surface area (Å²) >= 11 is 2.85. The predicted molar refractivity (Wildman–Crippen MR) is 74.5 cm³/mol. The smallest absolute Gasteiger partial charge is 0.229 e. The van der Waals surface area contributed by atoms with E-state index in [-0.39, 0.29) is 22.3 Å². The van der Waals surface area contributed by atoms with Crippen molar-refractivity contribution >= 4 is 27.5 Å². The molecular weight excluding hydrogens is 332 g/mol. The van der Waals surface area contributed by atoms with Gasteiger partial charge in [-0.05, 0) is 28.1 Å². The van der Waals surface area contributed by atoms with Gasteiger partial charge in [0, 0.05) is 11.6 Å². The quantitative estimate of drug-likeness (QED) is 0.838. The number of anilines is 1. The molecule has 0 unspecified atom stereocenters. The van der Waals surface area contributed by atoms with E-state index in [4.69, 9.17) is 0 Å². The molecule has 1 amide bonds. The molecule has 0 aromatic heterocycles. The maximum absolute atomic E-state index is 13.5. The summed E-state index contributed by atoms with van der Waals surface area (Å²) in [6, 6.07) is 8.14. The lowest BCUT2D eigenvalue weighted by Crippen LogP contribution is -2.15. The average Bonchev–Trinajstić information content (AvgIpc) is 2.39. The Kier molecular flexibility index (Phi) is 4.34. The number of amides is 1. The number of hydrogen-bond donors (Lipinski definition) is 2. The molecule has 0 spiro atoms. The van der Waals surface area contributed by atoms with Gasteiger partial charge in [0.05, 0.1) is 16.6 Å².